The fourth-order valence-corrected chi connectivity index (χ4v) is 6.24. The summed E-state index contributed by atoms with van der Waals surface area (Å²) >= 11 is 3.64. The minimum atomic E-state index is -0.168. The van der Waals surface area contributed by atoms with Crippen molar-refractivity contribution >= 4 is 23.5 Å². The fourth-order valence-electron chi connectivity index (χ4n) is 4.25. The minimum Gasteiger partial charge on any atom is -0.507 e. The van der Waals surface area contributed by atoms with E-state index in [4.69, 9.17) is 0 Å². The monoisotopic (exact) mass is 512 g/mol. The summed E-state index contributed by atoms with van der Waals surface area (Å²) in [6.45, 7) is 13.0. The van der Waals surface area contributed by atoms with Gasteiger partial charge in [0.15, 0.2) is 0 Å². The number of aromatic hydroxyl groups is 1. The summed E-state index contributed by atoms with van der Waals surface area (Å²) in [5.74, 6) is 0.428. The first-order valence-corrected chi connectivity index (χ1v) is 14.1. The lowest BCUT2D eigenvalue weighted by Crippen LogP contribution is -2.18. The third-order valence-electron chi connectivity index (χ3n) is 6.21. The topological polar surface area (TPSA) is 20.2 Å². The third-order valence-corrected chi connectivity index (χ3v) is 8.55. The molecule has 0 spiro atoms. The van der Waals surface area contributed by atoms with Crippen molar-refractivity contribution < 1.29 is 5.11 Å². The van der Waals surface area contributed by atoms with E-state index in [2.05, 4.69) is 133 Å². The van der Waals surface area contributed by atoms with Crippen molar-refractivity contribution in [1.82, 2.24) is 0 Å². The zero-order chi connectivity index (χ0) is 25.9. The van der Waals surface area contributed by atoms with Gasteiger partial charge in [-0.15, -0.1) is 11.8 Å². The second kappa shape index (κ2) is 10.8. The lowest BCUT2D eigenvalue weighted by Gasteiger charge is -2.30. The highest BCUT2D eigenvalue weighted by Crippen LogP contribution is 2.46. The van der Waals surface area contributed by atoms with E-state index in [1.807, 2.05) is 17.8 Å². The Kier molecular flexibility index (Phi) is 7.92. The number of rotatable bonds is 6. The van der Waals surface area contributed by atoms with E-state index in [1.165, 1.54) is 25.8 Å². The molecular weight excluding hydrogens is 476 g/mol. The Bertz CT molecular complexity index is 1250. The van der Waals surface area contributed by atoms with Crippen LogP contribution in [0.5, 0.6) is 5.75 Å². The summed E-state index contributed by atoms with van der Waals surface area (Å²) < 4.78 is 0. The predicted octanol–water partition coefficient (Wildman–Crippen LogP) is 10.0. The molecule has 186 valence electrons. The second-order valence-electron chi connectivity index (χ2n) is 11.3. The van der Waals surface area contributed by atoms with Crippen LogP contribution >= 0.6 is 23.5 Å². The molecule has 0 bridgehead atoms. The van der Waals surface area contributed by atoms with Crippen LogP contribution in [-0.2, 0) is 10.8 Å². The van der Waals surface area contributed by atoms with E-state index in [0.29, 0.717) is 5.75 Å². The molecule has 0 amide bonds. The molecule has 0 aliphatic rings. The molecule has 3 heteroatoms. The van der Waals surface area contributed by atoms with Gasteiger partial charge in [0.2, 0.25) is 0 Å². The molecule has 4 aromatic carbocycles. The number of benzene rings is 4. The summed E-state index contributed by atoms with van der Waals surface area (Å²) in [6.07, 6.45) is 0. The lowest BCUT2D eigenvalue weighted by molar-refractivity contribution is 0.423. The quantitative estimate of drug-likeness (QED) is 0.260. The summed E-state index contributed by atoms with van der Waals surface area (Å²) in [5, 5.41) is 11.4. The molecule has 36 heavy (non-hydrogen) atoms. The number of hydrogen-bond donors (Lipinski definition) is 1. The molecule has 1 atom stereocenters. The maximum absolute atomic E-state index is 11.3. The van der Waals surface area contributed by atoms with Gasteiger partial charge < -0.3 is 5.11 Å². The van der Waals surface area contributed by atoms with Gasteiger partial charge in [-0.2, -0.15) is 0 Å². The van der Waals surface area contributed by atoms with Crippen LogP contribution in [-0.4, -0.2) is 5.11 Å². The van der Waals surface area contributed by atoms with Crippen LogP contribution in [0.1, 0.15) is 69.0 Å². The highest BCUT2D eigenvalue weighted by Gasteiger charge is 2.29. The number of hydrogen-bond acceptors (Lipinski definition) is 3. The van der Waals surface area contributed by atoms with Gasteiger partial charge in [-0.1, -0.05) is 114 Å². The predicted molar refractivity (Wildman–Crippen MR) is 157 cm³/mol. The number of phenolic OH excluding ortho intramolecular Hbond substituents is 1. The van der Waals surface area contributed by atoms with Crippen molar-refractivity contribution in [2.24, 2.45) is 0 Å². The average Bonchev–Trinajstić information content (AvgIpc) is 2.83. The van der Waals surface area contributed by atoms with E-state index in [-0.39, 0.29) is 16.1 Å². The molecule has 1 N–H and O–H groups in total. The van der Waals surface area contributed by atoms with E-state index in [9.17, 15) is 5.11 Å². The van der Waals surface area contributed by atoms with E-state index in [1.54, 1.807) is 11.8 Å². The van der Waals surface area contributed by atoms with E-state index >= 15 is 0 Å². The molecule has 0 saturated heterocycles. The Morgan fingerprint density at radius 3 is 1.47 bits per heavy atom. The molecule has 0 heterocycles. The van der Waals surface area contributed by atoms with Crippen molar-refractivity contribution in [2.75, 3.05) is 0 Å². The number of thioether (sulfide) groups is 1. The summed E-state index contributed by atoms with van der Waals surface area (Å²) in [7, 11) is 0. The van der Waals surface area contributed by atoms with Crippen molar-refractivity contribution in [3.05, 3.63) is 119 Å². The first-order valence-electron chi connectivity index (χ1n) is 12.4. The molecule has 0 aromatic heterocycles. The Hall–Kier alpha value is -2.62. The third kappa shape index (κ3) is 6.38. The fraction of sp³-hybridized carbons (Fsp3) is 0.273. The first-order chi connectivity index (χ1) is 17.0. The zero-order valence-corrected chi connectivity index (χ0v) is 23.7. The van der Waals surface area contributed by atoms with E-state index in [0.717, 1.165) is 11.1 Å². The molecule has 4 rings (SSSR count). The molecule has 0 fully saturated rings. The van der Waals surface area contributed by atoms with Gasteiger partial charge in [0.05, 0.1) is 5.25 Å². The van der Waals surface area contributed by atoms with Crippen LogP contribution in [0.15, 0.2) is 112 Å². The van der Waals surface area contributed by atoms with Gasteiger partial charge in [0, 0.05) is 14.7 Å². The van der Waals surface area contributed by atoms with Crippen LogP contribution in [0.25, 0.3) is 0 Å². The Morgan fingerprint density at radius 1 is 0.556 bits per heavy atom. The summed E-state index contributed by atoms with van der Waals surface area (Å²) in [5.41, 5.74) is 4.14. The molecule has 0 saturated carbocycles. The molecule has 0 radical (unpaired) electrons. The summed E-state index contributed by atoms with van der Waals surface area (Å²) in [4.78, 5) is 3.70. The average molecular weight is 513 g/mol. The highest BCUT2D eigenvalue weighted by molar-refractivity contribution is 8.00. The largest absolute Gasteiger partial charge is 0.507 e. The van der Waals surface area contributed by atoms with Crippen molar-refractivity contribution in [1.29, 1.82) is 0 Å². The highest BCUT2D eigenvalue weighted by atomic mass is 32.2. The van der Waals surface area contributed by atoms with Crippen LogP contribution in [0.3, 0.4) is 0 Å². The maximum Gasteiger partial charge on any atom is 0.123 e. The first kappa shape index (κ1) is 26.4. The van der Waals surface area contributed by atoms with Crippen LogP contribution < -0.4 is 0 Å². The standard InChI is InChI=1S/C33H36OS2/c1-32(2,3)28-21-24(22-29(30(28)34)33(4,5)6)31(36-26-15-11-8-12-16-26)23-17-19-27(20-18-23)35-25-13-9-7-10-14-25/h7-22,31,34H,1-6H3. The van der Waals surface area contributed by atoms with Crippen LogP contribution in [0.4, 0.5) is 0 Å². The second-order valence-corrected chi connectivity index (χ2v) is 13.6. The maximum atomic E-state index is 11.3. The minimum absolute atomic E-state index is 0.103. The van der Waals surface area contributed by atoms with Gasteiger partial charge in [-0.3, -0.25) is 0 Å². The SMILES string of the molecule is CC(C)(C)c1cc(C(Sc2ccccc2)c2ccc(Sc3ccccc3)cc2)cc(C(C)(C)C)c1O. The van der Waals surface area contributed by atoms with Crippen molar-refractivity contribution in [2.45, 2.75) is 72.3 Å². The molecule has 1 nitrogen and oxygen atoms in total. The van der Waals surface area contributed by atoms with Crippen LogP contribution in [0, 0.1) is 0 Å². The zero-order valence-electron chi connectivity index (χ0n) is 22.1. The number of phenols is 1. The molecule has 4 aromatic rings. The lowest BCUT2D eigenvalue weighted by atomic mass is 9.78. The van der Waals surface area contributed by atoms with Gasteiger partial charge in [-0.05, 0) is 69.5 Å². The molecule has 0 aliphatic carbocycles. The molecule has 0 aliphatic heterocycles. The van der Waals surface area contributed by atoms with Gasteiger partial charge in [0.25, 0.3) is 0 Å². The van der Waals surface area contributed by atoms with Gasteiger partial charge in [0.1, 0.15) is 5.75 Å². The van der Waals surface area contributed by atoms with Gasteiger partial charge in [-0.25, -0.2) is 0 Å². The van der Waals surface area contributed by atoms with Crippen molar-refractivity contribution in [3.8, 4) is 5.75 Å². The van der Waals surface area contributed by atoms with Gasteiger partial charge >= 0.3 is 0 Å². The normalized spacial score (nSPS) is 12.9. The van der Waals surface area contributed by atoms with E-state index < -0.39 is 0 Å². The van der Waals surface area contributed by atoms with Crippen LogP contribution in [0.2, 0.25) is 0 Å². The molecular formula is C33H36OS2. The smallest absolute Gasteiger partial charge is 0.123 e. The Labute approximate surface area is 225 Å². The Morgan fingerprint density at radius 2 is 1.00 bits per heavy atom. The Balaban J connectivity index is 1.80. The summed E-state index contributed by atoms with van der Waals surface area (Å²) in [6, 6.07) is 34.5. The van der Waals surface area contributed by atoms with Crippen molar-refractivity contribution in [3.63, 3.8) is 0 Å². The molecule has 1 unspecified atom stereocenters.